The van der Waals surface area contributed by atoms with Gasteiger partial charge in [-0.15, -0.1) is 0 Å². The monoisotopic (exact) mass is 732 g/mol. The molecular weight excluding hydrogens is 718 g/mol. The van der Waals surface area contributed by atoms with E-state index in [1.54, 1.807) is 0 Å². The maximum atomic E-state index is 10.7. The Kier molecular flexibility index (Phi) is 20.1. The van der Waals surface area contributed by atoms with Crippen molar-refractivity contribution in [1.29, 1.82) is 0 Å². The molecule has 2 aromatic carbocycles. The minimum Gasteiger partial charge on any atom is -1.00 e. The van der Waals surface area contributed by atoms with Crippen LogP contribution in [0.5, 0.6) is 0 Å². The molecule has 0 aromatic heterocycles. The predicted molar refractivity (Wildman–Crippen MR) is 95.2 cm³/mol. The third kappa shape index (κ3) is 23.4. The van der Waals surface area contributed by atoms with Gasteiger partial charge >= 0.3 is 99.0 Å². The van der Waals surface area contributed by atoms with Gasteiger partial charge in [0, 0.05) is 0 Å². The number of rotatable bonds is 3. The Bertz CT molecular complexity index is 770. The zero-order chi connectivity index (χ0) is 24.1. The summed E-state index contributed by atoms with van der Waals surface area (Å²) in [5, 5.41) is 0. The molecule has 0 bridgehead atoms. The Morgan fingerprint density at radius 1 is 0.486 bits per heavy atom. The summed E-state index contributed by atoms with van der Waals surface area (Å²) in [7, 11) is -28.5. The van der Waals surface area contributed by atoms with Gasteiger partial charge in [-0.1, -0.05) is 35.9 Å². The van der Waals surface area contributed by atoms with Crippen LogP contribution >= 0.6 is 23.2 Å². The van der Waals surface area contributed by atoms with Crippen molar-refractivity contribution in [2.24, 2.45) is 0 Å². The first-order chi connectivity index (χ1) is 12.9. The van der Waals surface area contributed by atoms with Crippen molar-refractivity contribution in [1.82, 2.24) is 0 Å². The molecule has 0 aliphatic rings. The summed E-state index contributed by atoms with van der Waals surface area (Å²) in [6, 6.07) is 19.6. The van der Waals surface area contributed by atoms with Crippen molar-refractivity contribution in [3.63, 3.8) is 0 Å². The van der Waals surface area contributed by atoms with Crippen molar-refractivity contribution >= 4 is 23.2 Å². The molecule has 2 rings (SSSR count). The smallest absolute Gasteiger partial charge is 1.00 e. The Morgan fingerprint density at radius 3 is 1.00 bits per heavy atom. The third-order valence-corrected chi connectivity index (χ3v) is 8.76. The molecule has 0 fully saturated rings. The molecule has 35 heavy (non-hydrogen) atoms. The molecule has 216 valence electrons. The molecule has 0 spiro atoms. The fraction of sp³-hybridized carbons (Fsp3) is 0.0769. The van der Waals surface area contributed by atoms with Crippen LogP contribution in [0.2, 0.25) is 0 Å². The van der Waals surface area contributed by atoms with Crippen LogP contribution in [-0.4, -0.2) is 0 Å². The van der Waals surface area contributed by atoms with Gasteiger partial charge < -0.3 is 14.1 Å². The average Bonchev–Trinajstić information content (AvgIpc) is 2.45. The summed E-state index contributed by atoms with van der Waals surface area (Å²) < 4.78 is 137. The summed E-state index contributed by atoms with van der Waals surface area (Å²) >= 11 is 0.0159. The zero-order valence-corrected chi connectivity index (χ0v) is 21.1. The molecule has 0 saturated carbocycles. The Balaban J connectivity index is -0.0000000904. The topological polar surface area (TPSA) is 0 Å². The number of halogens is 19. The molecule has 2 aromatic rings. The number of benzene rings is 2. The first kappa shape index (κ1) is 47.4. The number of hydrogen-bond acceptors (Lipinski definition) is 0. The van der Waals surface area contributed by atoms with Crippen molar-refractivity contribution < 1.29 is 99.3 Å². The Labute approximate surface area is 197 Å². The van der Waals surface area contributed by atoms with Crippen LogP contribution in [0.25, 0.3) is 0 Å². The van der Waals surface area contributed by atoms with Crippen LogP contribution in [0.15, 0.2) is 54.6 Å². The van der Waals surface area contributed by atoms with E-state index in [2.05, 4.69) is 61.5 Å². The third-order valence-electron chi connectivity index (χ3n) is 2.42. The molecule has 0 heterocycles. The molecule has 0 nitrogen and oxygen atoms in total. The average molecular weight is 732 g/mol. The minimum atomic E-state index is -9.98. The van der Waals surface area contributed by atoms with Gasteiger partial charge in [0.2, 0.25) is 0 Å². The molecule has 0 amide bonds. The molecular formula is C13H14F18IP3-2. The van der Waals surface area contributed by atoms with Crippen LogP contribution in [-0.2, 0) is 0 Å². The summed E-state index contributed by atoms with van der Waals surface area (Å²) in [4.78, 5) is 0. The van der Waals surface area contributed by atoms with E-state index in [4.69, 9.17) is 0 Å². The van der Waals surface area contributed by atoms with Gasteiger partial charge in [-0.05, 0) is 31.2 Å². The van der Waals surface area contributed by atoms with Crippen LogP contribution < -0.4 is 35.3 Å². The van der Waals surface area contributed by atoms with E-state index in [1.165, 1.54) is 12.7 Å². The summed E-state index contributed by atoms with van der Waals surface area (Å²) in [6.45, 7) is 2.13. The van der Waals surface area contributed by atoms with Crippen LogP contribution in [0.4, 0.5) is 64.0 Å². The molecule has 0 N–H and O–H groups in total. The number of hydrogen-bond donors (Lipinski definition) is 0. The van der Waals surface area contributed by atoms with Gasteiger partial charge in [0.05, 0.1) is 0 Å². The zero-order valence-electron chi connectivity index (χ0n) is 16.3. The van der Waals surface area contributed by atoms with E-state index in [-0.39, 0.29) is 44.7 Å². The standard InChI is InChI=1S/C13H12I.F8P2.F5P.5FH/c1-11-7-9-13(10-8-11)14-12-5-3-2-4-6-12;1-9(2,3,4)10(5,6,7)8;1-6(2,3,4)5;;;;;/h2-10H,1H3;;;5*1H/q+1;;;;;;;/p-3. The summed E-state index contributed by atoms with van der Waals surface area (Å²) in [5.74, 6) is 0. The van der Waals surface area contributed by atoms with Gasteiger partial charge in [0.25, 0.3) is 0 Å². The molecule has 0 aliphatic heterocycles. The van der Waals surface area contributed by atoms with E-state index in [0.717, 1.165) is 0 Å². The second kappa shape index (κ2) is 14.8. The molecule has 0 radical (unpaired) electrons. The quantitative estimate of drug-likeness (QED) is 0.227. The van der Waals surface area contributed by atoms with Gasteiger partial charge in [-0.25, -0.2) is 0 Å². The Hall–Kier alpha value is -0.800. The van der Waals surface area contributed by atoms with Crippen molar-refractivity contribution in [2.75, 3.05) is 0 Å². The largest absolute Gasteiger partial charge is 1.00 e. The number of aryl methyl sites for hydroxylation is 1. The van der Waals surface area contributed by atoms with Gasteiger partial charge in [-0.3, -0.25) is 9.41 Å². The maximum absolute atomic E-state index is 10.7. The normalized spacial score (nSPS) is 13.7. The van der Waals surface area contributed by atoms with Crippen LogP contribution in [0, 0.1) is 14.1 Å². The second-order valence-corrected chi connectivity index (χ2v) is 15.9. The minimum absolute atomic E-state index is 0. The van der Waals surface area contributed by atoms with E-state index in [9.17, 15) is 54.6 Å². The summed E-state index contributed by atoms with van der Waals surface area (Å²) in [6.07, 6.45) is 0. The second-order valence-electron chi connectivity index (χ2n) is 5.20. The van der Waals surface area contributed by atoms with Crippen LogP contribution in [0.1, 0.15) is 5.56 Å². The predicted octanol–water partition coefficient (Wildman–Crippen LogP) is -0.513. The van der Waals surface area contributed by atoms with E-state index in [0.29, 0.717) is 0 Å². The van der Waals surface area contributed by atoms with E-state index < -0.39 is 23.2 Å². The van der Waals surface area contributed by atoms with Crippen LogP contribution in [0.3, 0.4) is 0 Å². The van der Waals surface area contributed by atoms with E-state index in [1.807, 2.05) is 0 Å². The molecule has 22 heteroatoms. The maximum Gasteiger partial charge on any atom is -1.00 e. The van der Waals surface area contributed by atoms with E-state index >= 15 is 0 Å². The molecule has 0 unspecified atom stereocenters. The first-order valence-corrected chi connectivity index (χ1v) is 15.2. The summed E-state index contributed by atoms with van der Waals surface area (Å²) in [5.41, 5.74) is 1.34. The van der Waals surface area contributed by atoms with Crippen molar-refractivity contribution in [2.45, 2.75) is 6.92 Å². The van der Waals surface area contributed by atoms with Gasteiger partial charge in [0.15, 0.2) is 7.14 Å². The first-order valence-electron chi connectivity index (χ1n) is 7.01. The molecule has 0 aliphatic carbocycles. The van der Waals surface area contributed by atoms with Gasteiger partial charge in [0.1, 0.15) is 0 Å². The fourth-order valence-corrected chi connectivity index (χ4v) is 3.41. The SMILES string of the molecule is Cc1ccc([I+]c2ccccc2)cc1.F.F.FP(F)(F)(F)F.FP(F)(F)(F)P(F)(F)(F)F.[F-].[F-].[F-]. The fourth-order valence-electron chi connectivity index (χ4n) is 1.20. The Morgan fingerprint density at radius 2 is 0.743 bits per heavy atom. The molecule has 0 atom stereocenters. The van der Waals surface area contributed by atoms with Gasteiger partial charge in [-0.2, -0.15) is 0 Å². The molecule has 0 saturated heterocycles. The van der Waals surface area contributed by atoms with Crippen molar-refractivity contribution in [3.05, 3.63) is 67.3 Å². The van der Waals surface area contributed by atoms with Crippen molar-refractivity contribution in [3.8, 4) is 0 Å².